The van der Waals surface area contributed by atoms with Crippen LogP contribution in [0.1, 0.15) is 22.7 Å². The van der Waals surface area contributed by atoms with Crippen LogP contribution in [-0.2, 0) is 9.59 Å². The predicted octanol–water partition coefficient (Wildman–Crippen LogP) is 4.46. The minimum absolute atomic E-state index is 0.0442. The van der Waals surface area contributed by atoms with E-state index < -0.39 is 17.7 Å². The summed E-state index contributed by atoms with van der Waals surface area (Å²) in [7, 11) is 3.49. The van der Waals surface area contributed by atoms with Gasteiger partial charge in [-0.3, -0.25) is 14.5 Å². The standard InChI is InChI=1S/C28H26N2O5/c1-17-6-4-7-18(14-17)25-24(26(31)19-10-11-23-22(15-19)29(2)12-13-35-23)27(32)28(33)30(25)20-8-5-9-21(16-20)34-3/h4-11,14-16,25,31H,12-13H2,1-3H3/b26-24-. The number of ketones is 1. The van der Waals surface area contributed by atoms with Gasteiger partial charge in [0.25, 0.3) is 11.7 Å². The summed E-state index contributed by atoms with van der Waals surface area (Å²) in [6.07, 6.45) is 0. The van der Waals surface area contributed by atoms with E-state index in [4.69, 9.17) is 9.47 Å². The number of aryl methyl sites for hydroxylation is 1. The fourth-order valence-corrected chi connectivity index (χ4v) is 4.67. The molecule has 0 aromatic heterocycles. The number of aliphatic hydroxyl groups excluding tert-OH is 1. The number of rotatable bonds is 4. The van der Waals surface area contributed by atoms with Crippen molar-refractivity contribution in [2.24, 2.45) is 0 Å². The van der Waals surface area contributed by atoms with Gasteiger partial charge in [0.1, 0.15) is 23.9 Å². The van der Waals surface area contributed by atoms with E-state index in [-0.39, 0.29) is 11.3 Å². The second-order valence-corrected chi connectivity index (χ2v) is 8.74. The molecule has 178 valence electrons. The summed E-state index contributed by atoms with van der Waals surface area (Å²) >= 11 is 0. The van der Waals surface area contributed by atoms with Gasteiger partial charge in [-0.15, -0.1) is 0 Å². The highest BCUT2D eigenvalue weighted by atomic mass is 16.5. The lowest BCUT2D eigenvalue weighted by atomic mass is 9.94. The lowest BCUT2D eigenvalue weighted by Gasteiger charge is -2.28. The predicted molar refractivity (Wildman–Crippen MR) is 134 cm³/mol. The number of carbonyl (C=O) groups excluding carboxylic acids is 2. The molecule has 1 saturated heterocycles. The van der Waals surface area contributed by atoms with Crippen molar-refractivity contribution >= 4 is 28.8 Å². The summed E-state index contributed by atoms with van der Waals surface area (Å²) in [6.45, 7) is 3.23. The maximum Gasteiger partial charge on any atom is 0.300 e. The second-order valence-electron chi connectivity index (χ2n) is 8.74. The first-order valence-corrected chi connectivity index (χ1v) is 11.4. The van der Waals surface area contributed by atoms with Crippen LogP contribution in [0.15, 0.2) is 72.3 Å². The Kier molecular flexibility index (Phi) is 5.68. The zero-order valence-corrected chi connectivity index (χ0v) is 19.8. The van der Waals surface area contributed by atoms with Gasteiger partial charge in [-0.2, -0.15) is 0 Å². The van der Waals surface area contributed by atoms with Gasteiger partial charge in [0, 0.05) is 24.4 Å². The van der Waals surface area contributed by atoms with Crippen molar-refractivity contribution in [1.82, 2.24) is 0 Å². The van der Waals surface area contributed by atoms with Gasteiger partial charge in [-0.1, -0.05) is 35.9 Å². The van der Waals surface area contributed by atoms with E-state index in [0.29, 0.717) is 35.9 Å². The number of nitrogens with zero attached hydrogens (tertiary/aromatic N) is 2. The highest BCUT2D eigenvalue weighted by Gasteiger charge is 2.47. The summed E-state index contributed by atoms with van der Waals surface area (Å²) in [4.78, 5) is 30.2. The number of anilines is 2. The molecule has 0 saturated carbocycles. The Bertz CT molecular complexity index is 1360. The van der Waals surface area contributed by atoms with Crippen molar-refractivity contribution in [1.29, 1.82) is 0 Å². The molecule has 7 heteroatoms. The highest BCUT2D eigenvalue weighted by molar-refractivity contribution is 6.51. The van der Waals surface area contributed by atoms with E-state index in [1.165, 1.54) is 4.90 Å². The molecule has 0 spiro atoms. The van der Waals surface area contributed by atoms with Crippen molar-refractivity contribution in [3.63, 3.8) is 0 Å². The minimum atomic E-state index is -0.799. The molecule has 7 nitrogen and oxygen atoms in total. The molecule has 2 heterocycles. The van der Waals surface area contributed by atoms with Gasteiger partial charge in [0.05, 0.1) is 31.0 Å². The normalized spacial score (nSPS) is 18.9. The first kappa shape index (κ1) is 22.5. The van der Waals surface area contributed by atoms with Crippen molar-refractivity contribution in [2.75, 3.05) is 37.1 Å². The van der Waals surface area contributed by atoms with Crippen molar-refractivity contribution < 1.29 is 24.2 Å². The average molecular weight is 471 g/mol. The molecule has 0 aliphatic carbocycles. The first-order valence-electron chi connectivity index (χ1n) is 11.4. The van der Waals surface area contributed by atoms with Crippen molar-refractivity contribution in [3.05, 3.63) is 89.0 Å². The Morgan fingerprint density at radius 3 is 2.63 bits per heavy atom. The number of benzene rings is 3. The number of carbonyl (C=O) groups is 2. The summed E-state index contributed by atoms with van der Waals surface area (Å²) in [5, 5.41) is 11.5. The molecule has 35 heavy (non-hydrogen) atoms. The lowest BCUT2D eigenvalue weighted by Crippen LogP contribution is -2.29. The van der Waals surface area contributed by atoms with Gasteiger partial charge in [-0.25, -0.2) is 0 Å². The smallest absolute Gasteiger partial charge is 0.300 e. The fourth-order valence-electron chi connectivity index (χ4n) is 4.67. The number of aliphatic hydroxyl groups is 1. The number of amides is 1. The van der Waals surface area contributed by atoms with E-state index >= 15 is 0 Å². The lowest BCUT2D eigenvalue weighted by molar-refractivity contribution is -0.132. The number of ether oxygens (including phenoxy) is 2. The topological polar surface area (TPSA) is 79.3 Å². The van der Waals surface area contributed by atoms with Crippen LogP contribution in [0, 0.1) is 6.92 Å². The molecule has 2 aliphatic rings. The molecular formula is C28H26N2O5. The van der Waals surface area contributed by atoms with Crippen molar-refractivity contribution in [3.8, 4) is 11.5 Å². The van der Waals surface area contributed by atoms with Crippen LogP contribution in [0.4, 0.5) is 11.4 Å². The molecule has 3 aromatic carbocycles. The van der Waals surface area contributed by atoms with Crippen LogP contribution >= 0.6 is 0 Å². The van der Waals surface area contributed by atoms with E-state index in [2.05, 4.69) is 0 Å². The van der Waals surface area contributed by atoms with Crippen LogP contribution in [0.2, 0.25) is 0 Å². The molecule has 0 bridgehead atoms. The quantitative estimate of drug-likeness (QED) is 0.345. The number of hydrogen-bond acceptors (Lipinski definition) is 6. The maximum absolute atomic E-state index is 13.4. The third-order valence-corrected chi connectivity index (χ3v) is 6.46. The maximum atomic E-state index is 13.4. The number of Topliss-reactive ketones (excluding diaryl/α,β-unsaturated/α-hetero) is 1. The monoisotopic (exact) mass is 470 g/mol. The number of hydrogen-bond donors (Lipinski definition) is 1. The SMILES string of the molecule is COc1cccc(N2C(=O)C(=O)/C(=C(\O)c3ccc4c(c3)N(C)CCO4)C2c2cccc(C)c2)c1. The zero-order chi connectivity index (χ0) is 24.7. The van der Waals surface area contributed by atoms with E-state index in [1.54, 1.807) is 49.6 Å². The Morgan fingerprint density at radius 1 is 1.06 bits per heavy atom. The fraction of sp³-hybridized carbons (Fsp3) is 0.214. The first-order chi connectivity index (χ1) is 16.9. The average Bonchev–Trinajstić information content (AvgIpc) is 3.14. The summed E-state index contributed by atoms with van der Waals surface area (Å²) < 4.78 is 11.1. The largest absolute Gasteiger partial charge is 0.507 e. The van der Waals surface area contributed by atoms with Gasteiger partial charge in [0.2, 0.25) is 0 Å². The molecule has 3 aromatic rings. The van der Waals surface area contributed by atoms with Gasteiger partial charge >= 0.3 is 0 Å². The Morgan fingerprint density at radius 2 is 1.86 bits per heavy atom. The minimum Gasteiger partial charge on any atom is -0.507 e. The third kappa shape index (κ3) is 3.89. The van der Waals surface area contributed by atoms with E-state index in [1.807, 2.05) is 43.1 Å². The third-order valence-electron chi connectivity index (χ3n) is 6.46. The van der Waals surface area contributed by atoms with E-state index in [9.17, 15) is 14.7 Å². The van der Waals surface area contributed by atoms with E-state index in [0.717, 1.165) is 16.8 Å². The molecule has 1 amide bonds. The molecule has 1 atom stereocenters. The molecule has 1 unspecified atom stereocenters. The molecule has 1 fully saturated rings. The van der Waals surface area contributed by atoms with Gasteiger partial charge < -0.3 is 19.5 Å². The molecular weight excluding hydrogens is 444 g/mol. The van der Waals surface area contributed by atoms with Crippen LogP contribution < -0.4 is 19.3 Å². The van der Waals surface area contributed by atoms with Gasteiger partial charge in [0.15, 0.2) is 0 Å². The van der Waals surface area contributed by atoms with Crippen LogP contribution in [0.5, 0.6) is 11.5 Å². The van der Waals surface area contributed by atoms with Crippen molar-refractivity contribution in [2.45, 2.75) is 13.0 Å². The molecule has 2 aliphatic heterocycles. The Balaban J connectivity index is 1.70. The summed E-state index contributed by atoms with van der Waals surface area (Å²) in [5.41, 5.74) is 3.52. The Labute approximate surface area is 203 Å². The molecule has 0 radical (unpaired) electrons. The number of likely N-dealkylation sites (N-methyl/N-ethyl adjacent to an activating group) is 1. The molecule has 1 N–H and O–H groups in total. The Hall–Kier alpha value is -4.26. The number of methoxy groups -OCH3 is 1. The summed E-state index contributed by atoms with van der Waals surface area (Å²) in [5.74, 6) is -0.390. The molecule has 5 rings (SSSR count). The van der Waals surface area contributed by atoms with Crippen LogP contribution in [0.25, 0.3) is 5.76 Å². The van der Waals surface area contributed by atoms with Gasteiger partial charge in [-0.05, 0) is 42.8 Å². The highest BCUT2D eigenvalue weighted by Crippen LogP contribution is 2.44. The number of fused-ring (bicyclic) bond motifs is 1. The van der Waals surface area contributed by atoms with Crippen LogP contribution in [-0.4, -0.2) is 44.1 Å². The zero-order valence-electron chi connectivity index (χ0n) is 19.8. The van der Waals surface area contributed by atoms with Crippen LogP contribution in [0.3, 0.4) is 0 Å². The second kappa shape index (κ2) is 8.83. The summed E-state index contributed by atoms with van der Waals surface area (Å²) in [6, 6.07) is 19.1.